The number of carbonyl (C=O) groups excluding carboxylic acids is 1. The SMILES string of the molecule is CC1C(CN2CCC3(CC2)OCCO3)OC(c2cccc(-c3cccc(CNC(=O)NC45CC6CC(CC(C6)C4)C5)c3)c2)OC1c1ccc(CO)cc1. The van der Waals surface area contributed by atoms with Gasteiger partial charge in [0, 0.05) is 56.0 Å². The Morgan fingerprint density at radius 3 is 2.15 bits per heavy atom. The van der Waals surface area contributed by atoms with Crippen LogP contribution in [-0.2, 0) is 32.1 Å². The fourth-order valence-corrected chi connectivity index (χ4v) is 10.9. The molecule has 10 rings (SSSR count). The second-order valence-corrected chi connectivity index (χ2v) is 17.1. The van der Waals surface area contributed by atoms with Gasteiger partial charge < -0.3 is 39.6 Å². The summed E-state index contributed by atoms with van der Waals surface area (Å²) in [5.74, 6) is 2.08. The van der Waals surface area contributed by atoms with E-state index >= 15 is 0 Å². The van der Waals surface area contributed by atoms with E-state index < -0.39 is 12.1 Å². The monoisotopic (exact) mass is 721 g/mol. The Morgan fingerprint density at radius 2 is 1.47 bits per heavy atom. The van der Waals surface area contributed by atoms with Crippen LogP contribution in [0, 0.1) is 23.7 Å². The van der Waals surface area contributed by atoms with Crippen molar-refractivity contribution in [3.05, 3.63) is 95.1 Å². The van der Waals surface area contributed by atoms with Crippen molar-refractivity contribution in [2.75, 3.05) is 32.8 Å². The first-order chi connectivity index (χ1) is 25.8. The number of benzene rings is 3. The molecule has 3 N–H and O–H groups in total. The summed E-state index contributed by atoms with van der Waals surface area (Å²) in [6.45, 7) is 6.67. The number of hydrogen-bond acceptors (Lipinski definition) is 7. The first kappa shape index (κ1) is 35.4. The molecule has 9 heteroatoms. The largest absolute Gasteiger partial charge is 0.392 e. The molecule has 1 spiro atoms. The Hall–Kier alpha value is -3.31. The molecule has 53 heavy (non-hydrogen) atoms. The van der Waals surface area contributed by atoms with E-state index in [0.717, 1.165) is 103 Å². The number of nitrogens with one attached hydrogen (secondary N) is 2. The highest BCUT2D eigenvalue weighted by atomic mass is 16.7. The maximum Gasteiger partial charge on any atom is 0.315 e. The zero-order chi connectivity index (χ0) is 36.0. The number of amides is 2. The molecule has 4 bridgehead atoms. The molecule has 4 atom stereocenters. The smallest absolute Gasteiger partial charge is 0.315 e. The zero-order valence-corrected chi connectivity index (χ0v) is 31.0. The predicted octanol–water partition coefficient (Wildman–Crippen LogP) is 7.24. The maximum absolute atomic E-state index is 13.2. The van der Waals surface area contributed by atoms with Crippen LogP contribution < -0.4 is 10.6 Å². The number of likely N-dealkylation sites (tertiary alicyclic amines) is 1. The molecule has 0 aromatic heterocycles. The van der Waals surface area contributed by atoms with Gasteiger partial charge in [-0.3, -0.25) is 0 Å². The molecule has 3 aliphatic heterocycles. The topological polar surface area (TPSA) is 102 Å². The van der Waals surface area contributed by atoms with Crippen molar-refractivity contribution in [3.8, 4) is 11.1 Å². The summed E-state index contributed by atoms with van der Waals surface area (Å²) in [7, 11) is 0. The molecule has 4 unspecified atom stereocenters. The Kier molecular flexibility index (Phi) is 9.84. The van der Waals surface area contributed by atoms with Gasteiger partial charge in [-0.2, -0.15) is 0 Å². The Bertz CT molecular complexity index is 1710. The number of nitrogens with zero attached hydrogens (tertiary/aromatic N) is 1. The van der Waals surface area contributed by atoms with Gasteiger partial charge in [0.25, 0.3) is 0 Å². The van der Waals surface area contributed by atoms with Gasteiger partial charge in [-0.1, -0.05) is 67.6 Å². The van der Waals surface area contributed by atoms with Crippen LogP contribution in [0.2, 0.25) is 0 Å². The van der Waals surface area contributed by atoms with Gasteiger partial charge in [0.2, 0.25) is 0 Å². The van der Waals surface area contributed by atoms with Gasteiger partial charge in [0.05, 0.1) is 32.0 Å². The number of piperidine rings is 1. The molecule has 282 valence electrons. The normalized spacial score (nSPS) is 33.3. The van der Waals surface area contributed by atoms with Crippen LogP contribution in [0.25, 0.3) is 11.1 Å². The standard InChI is InChI=1S/C44H55N3O6/c1-29-39(27-47-14-12-44(13-15-47)50-16-17-51-44)52-41(53-40(29)35-10-8-30(28-48)9-11-35)38-7-3-6-37(22-38)36-5-2-4-31(21-36)26-45-42(49)46-43-23-32-18-33(24-43)20-34(19-32)25-43/h2-11,21-22,29,32-34,39-41,48H,12-20,23-28H2,1H3,(H2,45,46,49). The lowest BCUT2D eigenvalue weighted by atomic mass is 9.53. The molecule has 4 aliphatic carbocycles. The summed E-state index contributed by atoms with van der Waals surface area (Å²) in [5.41, 5.74) is 6.17. The second-order valence-electron chi connectivity index (χ2n) is 17.1. The van der Waals surface area contributed by atoms with E-state index in [1.54, 1.807) is 0 Å². The van der Waals surface area contributed by atoms with Crippen LogP contribution in [0.4, 0.5) is 4.79 Å². The summed E-state index contributed by atoms with van der Waals surface area (Å²) in [5, 5.41) is 16.3. The minimum atomic E-state index is -0.547. The molecule has 9 nitrogen and oxygen atoms in total. The Labute approximate surface area is 313 Å². The van der Waals surface area contributed by atoms with Gasteiger partial charge in [-0.15, -0.1) is 0 Å². The zero-order valence-electron chi connectivity index (χ0n) is 31.0. The number of hydrogen-bond donors (Lipinski definition) is 3. The number of aliphatic hydroxyl groups excluding tert-OH is 1. The van der Waals surface area contributed by atoms with Crippen LogP contribution in [0.3, 0.4) is 0 Å². The van der Waals surface area contributed by atoms with Gasteiger partial charge in [0.15, 0.2) is 12.1 Å². The number of ether oxygens (including phenoxy) is 4. The van der Waals surface area contributed by atoms with E-state index in [1.165, 1.54) is 19.3 Å². The summed E-state index contributed by atoms with van der Waals surface area (Å²) in [6, 6.07) is 25.0. The van der Waals surface area contributed by atoms with Crippen LogP contribution in [0.1, 0.15) is 92.9 Å². The van der Waals surface area contributed by atoms with Crippen molar-refractivity contribution >= 4 is 6.03 Å². The van der Waals surface area contributed by atoms with E-state index in [9.17, 15) is 9.90 Å². The quantitative estimate of drug-likeness (QED) is 0.214. The summed E-state index contributed by atoms with van der Waals surface area (Å²) in [4.78, 5) is 15.7. The molecular formula is C44H55N3O6. The van der Waals surface area contributed by atoms with Crippen LogP contribution in [0.5, 0.6) is 0 Å². The number of urea groups is 1. The summed E-state index contributed by atoms with van der Waals surface area (Å²) < 4.78 is 25.7. The van der Waals surface area contributed by atoms with E-state index in [1.807, 2.05) is 12.1 Å². The van der Waals surface area contributed by atoms with E-state index in [4.69, 9.17) is 18.9 Å². The molecule has 7 fully saturated rings. The average Bonchev–Trinajstić information content (AvgIpc) is 3.63. The fourth-order valence-electron chi connectivity index (χ4n) is 10.9. The average molecular weight is 722 g/mol. The third-order valence-electron chi connectivity index (χ3n) is 13.3. The van der Waals surface area contributed by atoms with Crippen molar-refractivity contribution in [2.24, 2.45) is 23.7 Å². The minimum Gasteiger partial charge on any atom is -0.392 e. The van der Waals surface area contributed by atoms with Gasteiger partial charge in [-0.05, 0) is 96.2 Å². The van der Waals surface area contributed by atoms with Crippen LogP contribution >= 0.6 is 0 Å². The van der Waals surface area contributed by atoms with Crippen molar-refractivity contribution in [2.45, 2.75) is 101 Å². The molecule has 3 heterocycles. The minimum absolute atomic E-state index is 0.000927. The van der Waals surface area contributed by atoms with Crippen LogP contribution in [0.15, 0.2) is 72.8 Å². The van der Waals surface area contributed by atoms with Crippen molar-refractivity contribution in [1.29, 1.82) is 0 Å². The van der Waals surface area contributed by atoms with Gasteiger partial charge >= 0.3 is 6.03 Å². The molecule has 3 aromatic rings. The lowest BCUT2D eigenvalue weighted by molar-refractivity contribution is -0.278. The third kappa shape index (κ3) is 7.53. The Balaban J connectivity index is 0.890. The number of aliphatic hydroxyl groups is 1. The van der Waals surface area contributed by atoms with E-state index in [-0.39, 0.29) is 36.3 Å². The van der Waals surface area contributed by atoms with Crippen LogP contribution in [-0.4, -0.2) is 66.3 Å². The molecule has 4 saturated carbocycles. The van der Waals surface area contributed by atoms with Gasteiger partial charge in [0.1, 0.15) is 0 Å². The summed E-state index contributed by atoms with van der Waals surface area (Å²) in [6.07, 6.45) is 8.47. The molecule has 3 saturated heterocycles. The first-order valence-electron chi connectivity index (χ1n) is 20.1. The lowest BCUT2D eigenvalue weighted by Crippen LogP contribution is -2.61. The lowest BCUT2D eigenvalue weighted by Gasteiger charge is -2.56. The van der Waals surface area contributed by atoms with E-state index in [2.05, 4.69) is 83.1 Å². The highest BCUT2D eigenvalue weighted by Crippen LogP contribution is 2.55. The highest BCUT2D eigenvalue weighted by molar-refractivity contribution is 5.75. The van der Waals surface area contributed by atoms with Crippen molar-refractivity contribution in [3.63, 3.8) is 0 Å². The Morgan fingerprint density at radius 1 is 0.811 bits per heavy atom. The molecule has 3 aromatic carbocycles. The first-order valence-corrected chi connectivity index (χ1v) is 20.1. The summed E-state index contributed by atoms with van der Waals surface area (Å²) >= 11 is 0. The van der Waals surface area contributed by atoms with Gasteiger partial charge in [-0.25, -0.2) is 4.79 Å². The van der Waals surface area contributed by atoms with E-state index in [0.29, 0.717) is 19.8 Å². The molecule has 7 aliphatic rings. The van der Waals surface area contributed by atoms with Crippen molar-refractivity contribution < 1.29 is 28.8 Å². The number of carbonyl (C=O) groups is 1. The molecule has 0 radical (unpaired) electrons. The fraction of sp³-hybridized carbons (Fsp3) is 0.568. The predicted molar refractivity (Wildman–Crippen MR) is 201 cm³/mol. The third-order valence-corrected chi connectivity index (χ3v) is 13.3. The number of rotatable bonds is 9. The highest BCUT2D eigenvalue weighted by Gasteiger charge is 2.51. The maximum atomic E-state index is 13.2. The molecular weight excluding hydrogens is 666 g/mol. The van der Waals surface area contributed by atoms with Crippen molar-refractivity contribution in [1.82, 2.24) is 15.5 Å². The second kappa shape index (κ2) is 14.7. The molecule has 2 amide bonds.